The highest BCUT2D eigenvalue weighted by molar-refractivity contribution is 8.00. The molecule has 2 amide bonds. The maximum absolute atomic E-state index is 12.7. The van der Waals surface area contributed by atoms with Crippen molar-refractivity contribution in [3.63, 3.8) is 0 Å². The number of hydrogen-bond donors (Lipinski definition) is 0. The molecule has 0 spiro atoms. The molecule has 2 heterocycles. The van der Waals surface area contributed by atoms with Gasteiger partial charge in [-0.3, -0.25) is 9.59 Å². The normalized spacial score (nSPS) is 26.2. The van der Waals surface area contributed by atoms with E-state index in [4.69, 9.17) is 4.74 Å². The molecular formula is C18H22N2O3S. The molecule has 1 aromatic rings. The van der Waals surface area contributed by atoms with Gasteiger partial charge in [0.1, 0.15) is 0 Å². The van der Waals surface area contributed by atoms with Crippen molar-refractivity contribution in [2.75, 3.05) is 30.3 Å². The number of hydrogen-bond acceptors (Lipinski definition) is 4. The molecule has 6 heteroatoms. The van der Waals surface area contributed by atoms with Crippen LogP contribution in [0.25, 0.3) is 0 Å². The zero-order valence-electron chi connectivity index (χ0n) is 13.6. The van der Waals surface area contributed by atoms with Crippen molar-refractivity contribution in [3.8, 4) is 0 Å². The molecule has 0 unspecified atom stereocenters. The van der Waals surface area contributed by atoms with Crippen molar-refractivity contribution in [2.24, 2.45) is 0 Å². The highest BCUT2D eigenvalue weighted by Crippen LogP contribution is 2.35. The molecule has 0 aromatic heterocycles. The monoisotopic (exact) mass is 346 g/mol. The maximum atomic E-state index is 12.7. The van der Waals surface area contributed by atoms with E-state index in [1.54, 1.807) is 16.7 Å². The summed E-state index contributed by atoms with van der Waals surface area (Å²) in [6, 6.07) is 8.17. The molecule has 3 aliphatic rings. The molecule has 1 aromatic carbocycles. The Kier molecular flexibility index (Phi) is 4.50. The van der Waals surface area contributed by atoms with Crippen molar-refractivity contribution in [3.05, 3.63) is 24.3 Å². The van der Waals surface area contributed by atoms with Gasteiger partial charge in [0.15, 0.2) is 0 Å². The Balaban J connectivity index is 1.43. The molecule has 2 fully saturated rings. The largest absolute Gasteiger partial charge is 0.374 e. The Labute approximate surface area is 146 Å². The van der Waals surface area contributed by atoms with E-state index in [1.165, 1.54) is 0 Å². The molecule has 24 heavy (non-hydrogen) atoms. The first-order valence-corrected chi connectivity index (χ1v) is 9.66. The predicted molar refractivity (Wildman–Crippen MR) is 93.2 cm³/mol. The standard InChI is InChI=1S/C18H22N2O3S/c21-17(20-10-11-23-15-6-3-5-13(15)20)8-9-19-14-4-1-2-7-16(14)24-12-18(19)22/h1-2,4,7,13,15H,3,5-6,8-12H2/t13-,15-/m0/s1. The quantitative estimate of drug-likeness (QED) is 0.843. The summed E-state index contributed by atoms with van der Waals surface area (Å²) >= 11 is 1.57. The fraction of sp³-hybridized carbons (Fsp3) is 0.556. The summed E-state index contributed by atoms with van der Waals surface area (Å²) in [5, 5.41) is 0. The molecule has 0 bridgehead atoms. The maximum Gasteiger partial charge on any atom is 0.237 e. The molecule has 1 saturated heterocycles. The number of benzene rings is 1. The van der Waals surface area contributed by atoms with Crippen LogP contribution in [-0.4, -0.2) is 54.3 Å². The minimum absolute atomic E-state index is 0.0900. The van der Waals surface area contributed by atoms with Crippen LogP contribution in [-0.2, 0) is 14.3 Å². The van der Waals surface area contributed by atoms with Gasteiger partial charge in [-0.15, -0.1) is 11.8 Å². The number of para-hydroxylation sites is 1. The summed E-state index contributed by atoms with van der Waals surface area (Å²) in [6.07, 6.45) is 3.83. The number of ether oxygens (including phenoxy) is 1. The van der Waals surface area contributed by atoms with E-state index >= 15 is 0 Å². The van der Waals surface area contributed by atoms with Crippen LogP contribution in [0.3, 0.4) is 0 Å². The lowest BCUT2D eigenvalue weighted by Crippen LogP contribution is -2.52. The molecular weight excluding hydrogens is 324 g/mol. The van der Waals surface area contributed by atoms with Gasteiger partial charge in [0.2, 0.25) is 11.8 Å². The second kappa shape index (κ2) is 6.76. The molecule has 4 rings (SSSR count). The van der Waals surface area contributed by atoms with Crippen molar-refractivity contribution >= 4 is 29.3 Å². The number of morpholine rings is 1. The molecule has 2 atom stereocenters. The summed E-state index contributed by atoms with van der Waals surface area (Å²) in [7, 11) is 0. The highest BCUT2D eigenvalue weighted by Gasteiger charge is 2.38. The van der Waals surface area contributed by atoms with Gasteiger partial charge in [-0.1, -0.05) is 12.1 Å². The first kappa shape index (κ1) is 16.0. The van der Waals surface area contributed by atoms with Crippen LogP contribution in [0.4, 0.5) is 5.69 Å². The van der Waals surface area contributed by atoms with E-state index in [0.29, 0.717) is 31.9 Å². The fourth-order valence-electron chi connectivity index (χ4n) is 3.99. The molecule has 5 nitrogen and oxygen atoms in total. The SMILES string of the molecule is O=C1CSc2ccccc2N1CCC(=O)N1CCO[C@H]2CCC[C@@H]21. The van der Waals surface area contributed by atoms with Gasteiger partial charge in [0, 0.05) is 24.4 Å². The van der Waals surface area contributed by atoms with Crippen molar-refractivity contribution in [1.82, 2.24) is 4.90 Å². The minimum Gasteiger partial charge on any atom is -0.374 e. The van der Waals surface area contributed by atoms with Gasteiger partial charge in [-0.25, -0.2) is 0 Å². The second-order valence-corrected chi connectivity index (χ2v) is 7.56. The first-order valence-electron chi connectivity index (χ1n) is 8.67. The molecule has 0 radical (unpaired) electrons. The Morgan fingerprint density at radius 1 is 1.29 bits per heavy atom. The lowest BCUT2D eigenvalue weighted by Gasteiger charge is -2.38. The number of nitrogens with zero attached hydrogens (tertiary/aromatic N) is 2. The first-order chi connectivity index (χ1) is 11.7. The van der Waals surface area contributed by atoms with Crippen LogP contribution in [0.5, 0.6) is 0 Å². The summed E-state index contributed by atoms with van der Waals surface area (Å²) in [6.45, 7) is 1.78. The van der Waals surface area contributed by atoms with E-state index in [1.807, 2.05) is 29.2 Å². The van der Waals surface area contributed by atoms with Gasteiger partial charge >= 0.3 is 0 Å². The minimum atomic E-state index is 0.0900. The van der Waals surface area contributed by atoms with E-state index in [0.717, 1.165) is 29.8 Å². The molecule has 128 valence electrons. The topological polar surface area (TPSA) is 49.9 Å². The van der Waals surface area contributed by atoms with E-state index < -0.39 is 0 Å². The summed E-state index contributed by atoms with van der Waals surface area (Å²) in [5.74, 6) is 0.693. The van der Waals surface area contributed by atoms with Crippen LogP contribution >= 0.6 is 11.8 Å². The Hall–Kier alpha value is -1.53. The molecule has 0 N–H and O–H groups in total. The molecule has 2 aliphatic heterocycles. The third-order valence-electron chi connectivity index (χ3n) is 5.16. The van der Waals surface area contributed by atoms with Crippen LogP contribution in [0, 0.1) is 0 Å². The number of thioether (sulfide) groups is 1. The fourth-order valence-corrected chi connectivity index (χ4v) is 4.92. The second-order valence-electron chi connectivity index (χ2n) is 6.55. The van der Waals surface area contributed by atoms with Crippen LogP contribution in [0.15, 0.2) is 29.2 Å². The van der Waals surface area contributed by atoms with Gasteiger partial charge < -0.3 is 14.5 Å². The number of rotatable bonds is 3. The molecule has 1 saturated carbocycles. The van der Waals surface area contributed by atoms with Crippen LogP contribution < -0.4 is 4.90 Å². The lowest BCUT2D eigenvalue weighted by molar-refractivity contribution is -0.143. The average Bonchev–Trinajstić information content (AvgIpc) is 3.09. The van der Waals surface area contributed by atoms with Crippen molar-refractivity contribution < 1.29 is 14.3 Å². The number of carbonyl (C=O) groups is 2. The Morgan fingerprint density at radius 3 is 3.08 bits per heavy atom. The van der Waals surface area contributed by atoms with Crippen LogP contribution in [0.2, 0.25) is 0 Å². The average molecular weight is 346 g/mol. The van der Waals surface area contributed by atoms with Gasteiger partial charge in [-0.05, 0) is 31.4 Å². The molecule has 1 aliphatic carbocycles. The zero-order valence-corrected chi connectivity index (χ0v) is 14.5. The van der Waals surface area contributed by atoms with Crippen molar-refractivity contribution in [2.45, 2.75) is 42.7 Å². The highest BCUT2D eigenvalue weighted by atomic mass is 32.2. The Bertz CT molecular complexity index is 651. The predicted octanol–water partition coefficient (Wildman–Crippen LogP) is 2.30. The van der Waals surface area contributed by atoms with E-state index in [-0.39, 0.29) is 24.0 Å². The van der Waals surface area contributed by atoms with Crippen LogP contribution in [0.1, 0.15) is 25.7 Å². The number of anilines is 1. The van der Waals surface area contributed by atoms with E-state index in [2.05, 4.69) is 0 Å². The van der Waals surface area contributed by atoms with Crippen molar-refractivity contribution in [1.29, 1.82) is 0 Å². The Morgan fingerprint density at radius 2 is 2.17 bits per heavy atom. The zero-order chi connectivity index (χ0) is 16.5. The summed E-state index contributed by atoms with van der Waals surface area (Å²) < 4.78 is 5.78. The summed E-state index contributed by atoms with van der Waals surface area (Å²) in [5.41, 5.74) is 0.937. The van der Waals surface area contributed by atoms with Gasteiger partial charge in [0.05, 0.1) is 30.2 Å². The third kappa shape index (κ3) is 2.93. The smallest absolute Gasteiger partial charge is 0.237 e. The third-order valence-corrected chi connectivity index (χ3v) is 6.21. The van der Waals surface area contributed by atoms with E-state index in [9.17, 15) is 9.59 Å². The number of amides is 2. The summed E-state index contributed by atoms with van der Waals surface area (Å²) in [4.78, 5) is 29.9. The lowest BCUT2D eigenvalue weighted by atomic mass is 10.1. The number of carbonyl (C=O) groups excluding carboxylic acids is 2. The van der Waals surface area contributed by atoms with Gasteiger partial charge in [0.25, 0.3) is 0 Å². The number of fused-ring (bicyclic) bond motifs is 2. The van der Waals surface area contributed by atoms with Gasteiger partial charge in [-0.2, -0.15) is 0 Å².